The number of carbonyl (C=O) groups is 3. The zero-order valence-electron chi connectivity index (χ0n) is 17.6. The van der Waals surface area contributed by atoms with E-state index < -0.39 is 34.8 Å². The number of alkyl halides is 3. The van der Waals surface area contributed by atoms with Crippen molar-refractivity contribution in [3.05, 3.63) is 39.8 Å². The highest BCUT2D eigenvalue weighted by atomic mass is 32.2. The standard InChI is InChI=1S/C22H21F3N2O4S2/c1-2-31-21(30)18-12-5-3-4-6-14(12)33-20(18)27-17(28)10-16-19(29)26-13-9-11(22(23,24)25)7-8-15(13)32-16/h7-9,16H,2-6,10H2,1H3,(H,26,29)(H,27,28). The molecule has 4 rings (SSSR count). The number of anilines is 2. The summed E-state index contributed by atoms with van der Waals surface area (Å²) in [7, 11) is 0. The predicted octanol–water partition coefficient (Wildman–Crippen LogP) is 5.26. The Morgan fingerprint density at radius 2 is 2.00 bits per heavy atom. The van der Waals surface area contributed by atoms with Gasteiger partial charge in [-0.25, -0.2) is 4.79 Å². The Kier molecular flexibility index (Phi) is 6.71. The Hall–Kier alpha value is -2.53. The second-order valence-electron chi connectivity index (χ2n) is 7.69. The van der Waals surface area contributed by atoms with E-state index in [0.717, 1.165) is 60.0 Å². The quantitative estimate of drug-likeness (QED) is 0.549. The molecule has 2 aromatic rings. The van der Waals surface area contributed by atoms with Gasteiger partial charge in [0.25, 0.3) is 0 Å². The summed E-state index contributed by atoms with van der Waals surface area (Å²) < 4.78 is 44.0. The first-order valence-corrected chi connectivity index (χ1v) is 12.2. The number of amides is 2. The average Bonchev–Trinajstić information content (AvgIpc) is 3.11. The summed E-state index contributed by atoms with van der Waals surface area (Å²) in [5, 5.41) is 4.84. The molecule has 1 aliphatic heterocycles. The Bertz CT molecular complexity index is 1110. The van der Waals surface area contributed by atoms with Crippen LogP contribution in [0.5, 0.6) is 0 Å². The number of rotatable bonds is 5. The van der Waals surface area contributed by atoms with E-state index in [0.29, 0.717) is 15.5 Å². The van der Waals surface area contributed by atoms with Crippen molar-refractivity contribution in [3.8, 4) is 0 Å². The van der Waals surface area contributed by atoms with Gasteiger partial charge in [0.15, 0.2) is 0 Å². The minimum absolute atomic E-state index is 0.0759. The molecule has 1 aromatic heterocycles. The highest BCUT2D eigenvalue weighted by Gasteiger charge is 2.35. The van der Waals surface area contributed by atoms with Crippen LogP contribution in [-0.4, -0.2) is 29.6 Å². The van der Waals surface area contributed by atoms with E-state index in [9.17, 15) is 27.6 Å². The molecule has 11 heteroatoms. The van der Waals surface area contributed by atoms with Gasteiger partial charge in [0.05, 0.1) is 28.7 Å². The maximum Gasteiger partial charge on any atom is 0.416 e. The summed E-state index contributed by atoms with van der Waals surface area (Å²) >= 11 is 2.39. The fourth-order valence-electron chi connectivity index (χ4n) is 3.88. The molecule has 2 aliphatic rings. The second kappa shape index (κ2) is 9.38. The van der Waals surface area contributed by atoms with Crippen LogP contribution >= 0.6 is 23.1 Å². The molecule has 1 aliphatic carbocycles. The third kappa shape index (κ3) is 5.03. The molecule has 0 spiro atoms. The van der Waals surface area contributed by atoms with Gasteiger partial charge in [0, 0.05) is 16.2 Å². The lowest BCUT2D eigenvalue weighted by molar-refractivity contribution is -0.137. The monoisotopic (exact) mass is 498 g/mol. The smallest absolute Gasteiger partial charge is 0.416 e. The number of benzene rings is 1. The summed E-state index contributed by atoms with van der Waals surface area (Å²) in [6.45, 7) is 1.93. The molecular formula is C22H21F3N2O4S2. The third-order valence-electron chi connectivity index (χ3n) is 5.40. The first kappa shape index (κ1) is 23.6. The Morgan fingerprint density at radius 3 is 2.73 bits per heavy atom. The lowest BCUT2D eigenvalue weighted by Crippen LogP contribution is -2.32. The van der Waals surface area contributed by atoms with E-state index in [4.69, 9.17) is 4.74 Å². The summed E-state index contributed by atoms with van der Waals surface area (Å²) in [6, 6.07) is 3.12. The van der Waals surface area contributed by atoms with Gasteiger partial charge in [-0.3, -0.25) is 9.59 Å². The van der Waals surface area contributed by atoms with Gasteiger partial charge in [-0.1, -0.05) is 0 Å². The van der Waals surface area contributed by atoms with E-state index in [2.05, 4.69) is 10.6 Å². The van der Waals surface area contributed by atoms with Crippen LogP contribution in [0.1, 0.15) is 52.5 Å². The van der Waals surface area contributed by atoms with Gasteiger partial charge >= 0.3 is 12.1 Å². The van der Waals surface area contributed by atoms with Crippen molar-refractivity contribution in [1.29, 1.82) is 0 Å². The number of carbonyl (C=O) groups excluding carboxylic acids is 3. The topological polar surface area (TPSA) is 84.5 Å². The molecule has 1 aromatic carbocycles. The number of hydrogen-bond donors (Lipinski definition) is 2. The lowest BCUT2D eigenvalue weighted by Gasteiger charge is -2.24. The van der Waals surface area contributed by atoms with Crippen molar-refractivity contribution in [1.82, 2.24) is 0 Å². The Morgan fingerprint density at radius 1 is 1.24 bits per heavy atom. The zero-order chi connectivity index (χ0) is 23.8. The van der Waals surface area contributed by atoms with Crippen molar-refractivity contribution in [2.45, 2.75) is 55.3 Å². The van der Waals surface area contributed by atoms with Crippen molar-refractivity contribution >= 4 is 51.6 Å². The maximum atomic E-state index is 12.9. The Balaban J connectivity index is 1.49. The number of nitrogens with one attached hydrogen (secondary N) is 2. The van der Waals surface area contributed by atoms with Crippen molar-refractivity contribution in [3.63, 3.8) is 0 Å². The molecule has 176 valence electrons. The molecular weight excluding hydrogens is 477 g/mol. The maximum absolute atomic E-state index is 12.9. The fourth-order valence-corrected chi connectivity index (χ4v) is 6.26. The van der Waals surface area contributed by atoms with E-state index in [1.165, 1.54) is 17.4 Å². The number of thioether (sulfide) groups is 1. The van der Waals surface area contributed by atoms with Crippen molar-refractivity contribution < 1.29 is 32.3 Å². The normalized spacial score (nSPS) is 17.6. The van der Waals surface area contributed by atoms with Crippen LogP contribution in [0.25, 0.3) is 0 Å². The molecule has 0 fully saturated rings. The van der Waals surface area contributed by atoms with Gasteiger partial charge in [-0.05, 0) is 56.4 Å². The summed E-state index contributed by atoms with van der Waals surface area (Å²) in [5.74, 6) is -1.48. The fraction of sp³-hybridized carbons (Fsp3) is 0.409. The molecule has 2 amide bonds. The van der Waals surface area contributed by atoms with Crippen LogP contribution in [0.4, 0.5) is 23.9 Å². The molecule has 0 radical (unpaired) electrons. The number of esters is 1. The largest absolute Gasteiger partial charge is 0.462 e. The highest BCUT2D eigenvalue weighted by molar-refractivity contribution is 8.01. The van der Waals surface area contributed by atoms with Crippen LogP contribution in [0, 0.1) is 0 Å². The van der Waals surface area contributed by atoms with Crippen LogP contribution in [-0.2, 0) is 33.3 Å². The minimum Gasteiger partial charge on any atom is -0.462 e. The lowest BCUT2D eigenvalue weighted by atomic mass is 9.95. The van der Waals surface area contributed by atoms with E-state index in [-0.39, 0.29) is 18.7 Å². The van der Waals surface area contributed by atoms with Crippen LogP contribution in [0.15, 0.2) is 23.1 Å². The van der Waals surface area contributed by atoms with Gasteiger partial charge < -0.3 is 15.4 Å². The molecule has 1 unspecified atom stereocenters. The molecule has 0 bridgehead atoms. The third-order valence-corrected chi connectivity index (χ3v) is 7.88. The molecule has 0 saturated carbocycles. The van der Waals surface area contributed by atoms with Crippen molar-refractivity contribution in [2.75, 3.05) is 17.2 Å². The molecule has 1 atom stereocenters. The number of hydrogen-bond acceptors (Lipinski definition) is 6. The molecule has 2 N–H and O–H groups in total. The molecule has 2 heterocycles. The van der Waals surface area contributed by atoms with Crippen LogP contribution < -0.4 is 10.6 Å². The first-order chi connectivity index (χ1) is 15.7. The van der Waals surface area contributed by atoms with E-state index in [1.807, 2.05) is 0 Å². The van der Waals surface area contributed by atoms with Gasteiger partial charge in [0.2, 0.25) is 11.8 Å². The van der Waals surface area contributed by atoms with Gasteiger partial charge in [-0.15, -0.1) is 23.1 Å². The molecule has 33 heavy (non-hydrogen) atoms. The number of ether oxygens (including phenoxy) is 1. The SMILES string of the molecule is CCOC(=O)c1c(NC(=O)CC2Sc3ccc(C(F)(F)F)cc3NC2=O)sc2c1CCCC2. The number of fused-ring (bicyclic) bond motifs is 2. The summed E-state index contributed by atoms with van der Waals surface area (Å²) in [5.41, 5.74) is 0.522. The zero-order valence-corrected chi connectivity index (χ0v) is 19.3. The number of halogens is 3. The van der Waals surface area contributed by atoms with Crippen LogP contribution in [0.2, 0.25) is 0 Å². The van der Waals surface area contributed by atoms with Crippen LogP contribution in [0.3, 0.4) is 0 Å². The van der Waals surface area contributed by atoms with E-state index >= 15 is 0 Å². The number of thiophene rings is 1. The predicted molar refractivity (Wildman–Crippen MR) is 120 cm³/mol. The minimum atomic E-state index is -4.52. The van der Waals surface area contributed by atoms with Gasteiger partial charge in [0.1, 0.15) is 5.00 Å². The summed E-state index contributed by atoms with van der Waals surface area (Å²) in [6.07, 6.45) is -1.16. The molecule has 6 nitrogen and oxygen atoms in total. The van der Waals surface area contributed by atoms with E-state index in [1.54, 1.807) is 6.92 Å². The highest BCUT2D eigenvalue weighted by Crippen LogP contribution is 2.42. The molecule has 0 saturated heterocycles. The number of aryl methyl sites for hydroxylation is 1. The average molecular weight is 499 g/mol. The first-order valence-electron chi connectivity index (χ1n) is 10.5. The van der Waals surface area contributed by atoms with Gasteiger partial charge in [-0.2, -0.15) is 13.2 Å². The van der Waals surface area contributed by atoms with Crippen molar-refractivity contribution in [2.24, 2.45) is 0 Å². The second-order valence-corrected chi connectivity index (χ2v) is 10.0. The Labute approximate surface area is 196 Å². The summed E-state index contributed by atoms with van der Waals surface area (Å²) in [4.78, 5) is 39.3.